The van der Waals surface area contributed by atoms with Crippen LogP contribution in [0.2, 0.25) is 0 Å². The van der Waals surface area contributed by atoms with Gasteiger partial charge in [0.05, 0.1) is 35.9 Å². The van der Waals surface area contributed by atoms with Gasteiger partial charge in [0.2, 0.25) is 0 Å². The van der Waals surface area contributed by atoms with Crippen LogP contribution in [0.5, 0.6) is 0 Å². The largest absolute Gasteiger partial charge is 0.444 e. The van der Waals surface area contributed by atoms with Crippen LogP contribution in [-0.4, -0.2) is 66.2 Å². The molecule has 2 atom stereocenters. The number of nitrogens with one attached hydrogen (secondary N) is 2. The van der Waals surface area contributed by atoms with E-state index in [4.69, 9.17) is 19.4 Å². The van der Waals surface area contributed by atoms with Crippen LogP contribution in [0.4, 0.5) is 9.59 Å². The number of imidazole rings is 2. The first-order chi connectivity index (χ1) is 22.8. The summed E-state index contributed by atoms with van der Waals surface area (Å²) in [6, 6.07) is 12.7. The van der Waals surface area contributed by atoms with Crippen molar-refractivity contribution >= 4 is 35.7 Å². The molecular weight excluding hydrogens is 645 g/mol. The minimum Gasteiger partial charge on any atom is -0.444 e. The molecule has 48 heavy (non-hydrogen) atoms. The maximum atomic E-state index is 12.9. The van der Waals surface area contributed by atoms with Crippen molar-refractivity contribution in [1.29, 1.82) is 0 Å². The third-order valence-electron chi connectivity index (χ3n) is 8.53. The monoisotopic (exact) mass is 686 g/mol. The third kappa shape index (κ3) is 6.82. The van der Waals surface area contributed by atoms with Crippen molar-refractivity contribution in [3.8, 4) is 22.5 Å². The molecule has 0 radical (unpaired) electrons. The molecule has 3 aliphatic rings. The molecule has 2 saturated heterocycles. The summed E-state index contributed by atoms with van der Waals surface area (Å²) >= 11 is 3.52. The van der Waals surface area contributed by atoms with Crippen molar-refractivity contribution in [3.05, 3.63) is 60.4 Å². The predicted molar refractivity (Wildman–Crippen MR) is 186 cm³/mol. The van der Waals surface area contributed by atoms with Crippen molar-refractivity contribution in [2.45, 2.75) is 110 Å². The second kappa shape index (κ2) is 12.5. The average Bonchev–Trinajstić information content (AvgIpc) is 3.83. The lowest BCUT2D eigenvalue weighted by atomic mass is 10.1. The lowest BCUT2D eigenvalue weighted by Gasteiger charge is -2.27. The quantitative estimate of drug-likeness (QED) is 0.192. The van der Waals surface area contributed by atoms with Crippen LogP contribution in [-0.2, 0) is 9.47 Å². The van der Waals surface area contributed by atoms with Gasteiger partial charge in [-0.2, -0.15) is 0 Å². The van der Waals surface area contributed by atoms with Crippen molar-refractivity contribution in [3.63, 3.8) is 0 Å². The molecule has 2 fully saturated rings. The highest BCUT2D eigenvalue weighted by Gasteiger charge is 2.36. The van der Waals surface area contributed by atoms with E-state index in [0.717, 1.165) is 59.8 Å². The number of fused-ring (bicyclic) bond motifs is 2. The number of nitrogens with zero attached hydrogens (tertiary/aromatic N) is 4. The number of carbonyl (C=O) groups is 2. The number of aromatic nitrogens is 4. The number of aromatic amines is 2. The SMILES string of the molecule is CC(C)(C)OC(=O)N1CCC[C@@H]1c1ncc(-c2ccc3c(c2)Sc2cc(-c4cnc([C@@H]5CCCN5C(=O)OC(C)(C)C)[nH]4)ccc2S3)[nH]1. The zero-order valence-corrected chi connectivity index (χ0v) is 29.9. The number of H-pyrrole nitrogens is 2. The lowest BCUT2D eigenvalue weighted by molar-refractivity contribution is 0.0208. The molecule has 0 saturated carbocycles. The summed E-state index contributed by atoms with van der Waals surface area (Å²) in [7, 11) is 0. The number of likely N-dealkylation sites (tertiary alicyclic amines) is 2. The van der Waals surface area contributed by atoms with E-state index in [2.05, 4.69) is 46.4 Å². The Morgan fingerprint density at radius 3 is 1.52 bits per heavy atom. The summed E-state index contributed by atoms with van der Waals surface area (Å²) in [5, 5.41) is 0. The Morgan fingerprint density at radius 1 is 0.688 bits per heavy atom. The number of hydrogen-bond donors (Lipinski definition) is 2. The predicted octanol–water partition coefficient (Wildman–Crippen LogP) is 9.23. The normalized spacial score (nSPS) is 19.3. The van der Waals surface area contributed by atoms with Crippen molar-refractivity contribution < 1.29 is 19.1 Å². The molecule has 2 aromatic heterocycles. The number of benzene rings is 2. The van der Waals surface area contributed by atoms with Gasteiger partial charge in [0.15, 0.2) is 0 Å². The smallest absolute Gasteiger partial charge is 0.410 e. The van der Waals surface area contributed by atoms with E-state index < -0.39 is 11.2 Å². The zero-order chi connectivity index (χ0) is 33.8. The van der Waals surface area contributed by atoms with Gasteiger partial charge in [-0.05, 0) is 91.5 Å². The zero-order valence-electron chi connectivity index (χ0n) is 28.3. The second-order valence-corrected chi connectivity index (χ2v) is 16.7. The summed E-state index contributed by atoms with van der Waals surface area (Å²) in [5.74, 6) is 1.57. The van der Waals surface area contributed by atoms with Crippen LogP contribution in [0.3, 0.4) is 0 Å². The fraction of sp³-hybridized carbons (Fsp3) is 0.444. The molecule has 12 heteroatoms. The number of carbonyl (C=O) groups excluding carboxylic acids is 2. The second-order valence-electron chi connectivity index (χ2n) is 14.6. The van der Waals surface area contributed by atoms with Crippen molar-refractivity contribution in [1.82, 2.24) is 29.7 Å². The highest BCUT2D eigenvalue weighted by atomic mass is 32.2. The molecule has 5 heterocycles. The average molecular weight is 687 g/mol. The molecule has 7 rings (SSSR count). The van der Waals surface area contributed by atoms with Gasteiger partial charge >= 0.3 is 12.2 Å². The Bertz CT molecular complexity index is 1720. The Kier molecular flexibility index (Phi) is 8.52. The summed E-state index contributed by atoms with van der Waals surface area (Å²) in [4.78, 5) is 50.5. The molecule has 0 unspecified atom stereocenters. The summed E-state index contributed by atoms with van der Waals surface area (Å²) in [5.41, 5.74) is 2.85. The van der Waals surface area contributed by atoms with Gasteiger partial charge in [0.1, 0.15) is 22.9 Å². The Labute approximate surface area is 289 Å². The van der Waals surface area contributed by atoms with Gasteiger partial charge in [-0.1, -0.05) is 35.7 Å². The number of rotatable bonds is 4. The van der Waals surface area contributed by atoms with E-state index in [1.807, 2.05) is 53.9 Å². The minimum atomic E-state index is -0.543. The molecule has 4 aromatic rings. The lowest BCUT2D eigenvalue weighted by Crippen LogP contribution is -2.36. The third-order valence-corrected chi connectivity index (χ3v) is 11.1. The first-order valence-electron chi connectivity index (χ1n) is 16.5. The standard InChI is InChI=1S/C36H42N6O4S2/c1-35(2,3)45-33(43)41-15-7-9-25(41)31-37-19-23(39-31)21-11-13-27-29(17-21)48-30-18-22(12-14-28(30)47-27)24-20-38-32(40-24)26-10-8-16-42(26)34(44)46-36(4,5)6/h11-14,17-20,25-26H,7-10,15-16H2,1-6H3,(H,37,39)(H,38,40)/t25-,26+. The van der Waals surface area contributed by atoms with Crippen LogP contribution >= 0.6 is 23.5 Å². The van der Waals surface area contributed by atoms with E-state index in [1.54, 1.807) is 33.3 Å². The number of hydrogen-bond acceptors (Lipinski definition) is 8. The molecule has 0 bridgehead atoms. The summed E-state index contributed by atoms with van der Waals surface area (Å²) in [6.07, 6.45) is 6.66. The summed E-state index contributed by atoms with van der Waals surface area (Å²) < 4.78 is 11.3. The fourth-order valence-electron chi connectivity index (χ4n) is 6.40. The Balaban J connectivity index is 1.07. The van der Waals surface area contributed by atoms with Crippen molar-refractivity contribution in [2.24, 2.45) is 0 Å². The van der Waals surface area contributed by atoms with Crippen molar-refractivity contribution in [2.75, 3.05) is 13.1 Å². The van der Waals surface area contributed by atoms with Crippen LogP contribution in [0.1, 0.15) is 91.0 Å². The molecule has 2 amide bonds. The van der Waals surface area contributed by atoms with Gasteiger partial charge in [-0.25, -0.2) is 19.6 Å². The topological polar surface area (TPSA) is 116 Å². The van der Waals surface area contributed by atoms with Gasteiger partial charge < -0.3 is 19.4 Å². The van der Waals surface area contributed by atoms with Gasteiger partial charge in [-0.15, -0.1) is 0 Å². The Morgan fingerprint density at radius 2 is 1.10 bits per heavy atom. The maximum Gasteiger partial charge on any atom is 0.410 e. The fourth-order valence-corrected chi connectivity index (χ4v) is 8.68. The van der Waals surface area contributed by atoms with Crippen LogP contribution in [0, 0.1) is 0 Å². The van der Waals surface area contributed by atoms with Crippen LogP contribution in [0.15, 0.2) is 68.4 Å². The van der Waals surface area contributed by atoms with Gasteiger partial charge in [0.25, 0.3) is 0 Å². The first-order valence-corrected chi connectivity index (χ1v) is 18.2. The van der Waals surface area contributed by atoms with Crippen LogP contribution < -0.4 is 0 Å². The highest BCUT2D eigenvalue weighted by molar-refractivity contribution is 8.05. The molecule has 2 N–H and O–H groups in total. The molecule has 3 aliphatic heterocycles. The van der Waals surface area contributed by atoms with E-state index in [1.165, 1.54) is 19.6 Å². The molecule has 0 aliphatic carbocycles. The van der Waals surface area contributed by atoms with E-state index >= 15 is 0 Å². The minimum absolute atomic E-state index is 0.126. The van der Waals surface area contributed by atoms with E-state index in [9.17, 15) is 9.59 Å². The van der Waals surface area contributed by atoms with Gasteiger partial charge in [-0.3, -0.25) is 9.80 Å². The first kappa shape index (κ1) is 32.6. The van der Waals surface area contributed by atoms with E-state index in [-0.39, 0.29) is 24.3 Å². The molecular formula is C36H42N6O4S2. The molecule has 252 valence electrons. The van der Waals surface area contributed by atoms with E-state index in [0.29, 0.717) is 13.1 Å². The number of amides is 2. The highest BCUT2D eigenvalue weighted by Crippen LogP contribution is 2.50. The molecule has 0 spiro atoms. The number of ether oxygens (including phenoxy) is 2. The molecule has 2 aromatic carbocycles. The van der Waals surface area contributed by atoms with Gasteiger partial charge in [0, 0.05) is 43.8 Å². The van der Waals surface area contributed by atoms with Crippen LogP contribution in [0.25, 0.3) is 22.5 Å². The molecule has 10 nitrogen and oxygen atoms in total. The Hall–Kier alpha value is -3.90. The maximum absolute atomic E-state index is 12.9. The summed E-state index contributed by atoms with van der Waals surface area (Å²) in [6.45, 7) is 12.7.